The number of fused-ring (bicyclic) bond motifs is 1. The number of benzene rings is 2. The molecule has 0 radical (unpaired) electrons. The van der Waals surface area contributed by atoms with Gasteiger partial charge in [0, 0.05) is 32.2 Å². The molecule has 2 N–H and O–H groups in total. The second kappa shape index (κ2) is 7.16. The Hall–Kier alpha value is -2.65. The van der Waals surface area contributed by atoms with Gasteiger partial charge in [-0.15, -0.1) is 0 Å². The monoisotopic (exact) mass is 391 g/mol. The predicted molar refractivity (Wildman–Crippen MR) is 101 cm³/mol. The molecule has 0 bridgehead atoms. The second-order valence-electron chi connectivity index (χ2n) is 6.24. The quantitative estimate of drug-likeness (QED) is 0.801. The summed E-state index contributed by atoms with van der Waals surface area (Å²) in [5.41, 5.74) is 1.19. The fraction of sp³-hybridized carbons (Fsp3) is 0.333. The van der Waals surface area contributed by atoms with Crippen molar-refractivity contribution in [3.63, 3.8) is 0 Å². The van der Waals surface area contributed by atoms with E-state index >= 15 is 0 Å². The molecule has 1 saturated heterocycles. The van der Waals surface area contributed by atoms with Gasteiger partial charge in [-0.1, -0.05) is 0 Å². The molecule has 0 unspecified atom stereocenters. The van der Waals surface area contributed by atoms with Crippen LogP contribution in [0.4, 0.5) is 11.4 Å². The molecular formula is C18H21N3O5S. The summed E-state index contributed by atoms with van der Waals surface area (Å²) in [5.74, 6) is 1.77. The summed E-state index contributed by atoms with van der Waals surface area (Å²) < 4.78 is 44.3. The first-order valence-electron chi connectivity index (χ1n) is 8.63. The molecule has 2 aliphatic rings. The summed E-state index contributed by atoms with van der Waals surface area (Å²) in [6, 6.07) is 9.82. The minimum Gasteiger partial charge on any atom is -0.495 e. The van der Waals surface area contributed by atoms with Gasteiger partial charge in [-0.25, -0.2) is 8.42 Å². The molecule has 8 nitrogen and oxygen atoms in total. The highest BCUT2D eigenvalue weighted by Crippen LogP contribution is 2.36. The maximum Gasteiger partial charge on any atom is 0.261 e. The lowest BCUT2D eigenvalue weighted by Gasteiger charge is -2.30. The molecule has 144 valence electrons. The Morgan fingerprint density at radius 1 is 1.07 bits per heavy atom. The normalized spacial score (nSPS) is 16.3. The highest BCUT2D eigenvalue weighted by molar-refractivity contribution is 7.92. The third kappa shape index (κ3) is 3.60. The van der Waals surface area contributed by atoms with Crippen LogP contribution in [0.15, 0.2) is 41.3 Å². The average molecular weight is 391 g/mol. The van der Waals surface area contributed by atoms with Crippen LogP contribution in [0.25, 0.3) is 0 Å². The molecule has 27 heavy (non-hydrogen) atoms. The van der Waals surface area contributed by atoms with Gasteiger partial charge in [-0.2, -0.15) is 0 Å². The molecule has 2 heterocycles. The van der Waals surface area contributed by atoms with E-state index in [9.17, 15) is 8.42 Å². The Balaban J connectivity index is 1.63. The molecule has 2 aliphatic heterocycles. The Bertz CT molecular complexity index is 942. The van der Waals surface area contributed by atoms with Gasteiger partial charge in [-0.05, 0) is 30.3 Å². The van der Waals surface area contributed by atoms with Gasteiger partial charge in [0.25, 0.3) is 10.0 Å². The van der Waals surface area contributed by atoms with E-state index in [0.717, 1.165) is 31.9 Å². The van der Waals surface area contributed by atoms with Gasteiger partial charge in [0.1, 0.15) is 5.75 Å². The fourth-order valence-electron chi connectivity index (χ4n) is 3.16. The molecule has 2 aromatic carbocycles. The van der Waals surface area contributed by atoms with E-state index < -0.39 is 10.0 Å². The number of sulfonamides is 1. The van der Waals surface area contributed by atoms with Crippen LogP contribution >= 0.6 is 0 Å². The van der Waals surface area contributed by atoms with Gasteiger partial charge in [0.2, 0.25) is 6.79 Å². The van der Waals surface area contributed by atoms with Crippen molar-refractivity contribution in [2.75, 3.05) is 49.7 Å². The topological polar surface area (TPSA) is 89.1 Å². The summed E-state index contributed by atoms with van der Waals surface area (Å²) in [7, 11) is -2.18. The molecule has 0 amide bonds. The van der Waals surface area contributed by atoms with Crippen molar-refractivity contribution in [2.45, 2.75) is 4.90 Å². The first kappa shape index (κ1) is 17.7. The summed E-state index contributed by atoms with van der Waals surface area (Å²) in [6.07, 6.45) is 0. The second-order valence-corrected chi connectivity index (χ2v) is 7.93. The lowest BCUT2D eigenvalue weighted by Crippen LogP contribution is -2.43. The molecule has 4 rings (SSSR count). The molecule has 0 spiro atoms. The third-order valence-electron chi connectivity index (χ3n) is 4.54. The number of nitrogens with zero attached hydrogens (tertiary/aromatic N) is 1. The van der Waals surface area contributed by atoms with Crippen LogP contribution < -0.4 is 29.1 Å². The van der Waals surface area contributed by atoms with Gasteiger partial charge in [0.15, 0.2) is 11.5 Å². The van der Waals surface area contributed by atoms with E-state index in [2.05, 4.69) is 14.9 Å². The molecule has 0 saturated carbocycles. The molecule has 1 fully saturated rings. The SMILES string of the molecule is COc1ccc(S(=O)(=O)Nc2ccc3c(c2)OCO3)cc1N1CCNCC1. The number of ether oxygens (including phenoxy) is 3. The maximum absolute atomic E-state index is 12.9. The Morgan fingerprint density at radius 3 is 2.63 bits per heavy atom. The zero-order chi connectivity index (χ0) is 18.9. The van der Waals surface area contributed by atoms with Crippen molar-refractivity contribution < 1.29 is 22.6 Å². The van der Waals surface area contributed by atoms with Crippen LogP contribution in [0, 0.1) is 0 Å². The minimum absolute atomic E-state index is 0.137. The predicted octanol–water partition coefficient (Wildman–Crippen LogP) is 1.63. The number of hydrogen-bond donors (Lipinski definition) is 2. The molecule has 2 aromatic rings. The van der Waals surface area contributed by atoms with Crippen molar-refractivity contribution in [2.24, 2.45) is 0 Å². The van der Waals surface area contributed by atoms with Crippen LogP contribution in [0.3, 0.4) is 0 Å². The Morgan fingerprint density at radius 2 is 1.85 bits per heavy atom. The third-order valence-corrected chi connectivity index (χ3v) is 5.92. The largest absolute Gasteiger partial charge is 0.495 e. The van der Waals surface area contributed by atoms with Gasteiger partial charge >= 0.3 is 0 Å². The van der Waals surface area contributed by atoms with E-state index in [1.807, 2.05) is 0 Å². The summed E-state index contributed by atoms with van der Waals surface area (Å²) in [6.45, 7) is 3.40. The Labute approximate surface area is 158 Å². The molecule has 0 atom stereocenters. The van der Waals surface area contributed by atoms with E-state index in [0.29, 0.717) is 22.9 Å². The molecule has 9 heteroatoms. The summed E-state index contributed by atoms with van der Waals surface area (Å²) >= 11 is 0. The van der Waals surface area contributed by atoms with Gasteiger partial charge < -0.3 is 24.4 Å². The summed E-state index contributed by atoms with van der Waals surface area (Å²) in [5, 5.41) is 3.28. The van der Waals surface area contributed by atoms with Crippen LogP contribution in [-0.4, -0.2) is 48.5 Å². The standard InChI is InChI=1S/C18H21N3O5S/c1-24-16-5-3-14(11-15(16)21-8-6-19-7-9-21)27(22,23)20-13-2-4-17-18(10-13)26-12-25-17/h2-5,10-11,19-20H,6-9,12H2,1H3. The number of rotatable bonds is 5. The maximum atomic E-state index is 12.9. The number of hydrogen-bond acceptors (Lipinski definition) is 7. The summed E-state index contributed by atoms with van der Waals surface area (Å²) in [4.78, 5) is 2.30. The highest BCUT2D eigenvalue weighted by Gasteiger charge is 2.22. The number of anilines is 2. The van der Waals surface area contributed by atoms with Gasteiger partial charge in [0.05, 0.1) is 23.4 Å². The highest BCUT2D eigenvalue weighted by atomic mass is 32.2. The van der Waals surface area contributed by atoms with Crippen LogP contribution in [0.2, 0.25) is 0 Å². The van der Waals surface area contributed by atoms with E-state index in [1.165, 1.54) is 0 Å². The van der Waals surface area contributed by atoms with Crippen LogP contribution in [0.1, 0.15) is 0 Å². The number of piperazine rings is 1. The lowest BCUT2D eigenvalue weighted by molar-refractivity contribution is 0.174. The minimum atomic E-state index is -3.76. The lowest BCUT2D eigenvalue weighted by atomic mass is 10.2. The number of methoxy groups -OCH3 is 1. The zero-order valence-corrected chi connectivity index (χ0v) is 15.7. The van der Waals surface area contributed by atoms with Crippen molar-refractivity contribution in [1.82, 2.24) is 5.32 Å². The smallest absolute Gasteiger partial charge is 0.261 e. The van der Waals surface area contributed by atoms with Crippen molar-refractivity contribution in [3.8, 4) is 17.2 Å². The first-order chi connectivity index (χ1) is 13.1. The zero-order valence-electron chi connectivity index (χ0n) is 14.9. The molecule has 0 aliphatic carbocycles. The van der Waals surface area contributed by atoms with Crippen LogP contribution in [-0.2, 0) is 10.0 Å². The molecular weight excluding hydrogens is 370 g/mol. The van der Waals surface area contributed by atoms with E-state index in [4.69, 9.17) is 14.2 Å². The number of nitrogens with one attached hydrogen (secondary N) is 2. The van der Waals surface area contributed by atoms with E-state index in [-0.39, 0.29) is 11.7 Å². The van der Waals surface area contributed by atoms with Crippen molar-refractivity contribution in [1.29, 1.82) is 0 Å². The molecule has 0 aromatic heterocycles. The fourth-order valence-corrected chi connectivity index (χ4v) is 4.23. The Kier molecular flexibility index (Phi) is 4.71. The van der Waals surface area contributed by atoms with Crippen molar-refractivity contribution in [3.05, 3.63) is 36.4 Å². The first-order valence-corrected chi connectivity index (χ1v) is 10.1. The van der Waals surface area contributed by atoms with E-state index in [1.54, 1.807) is 43.5 Å². The van der Waals surface area contributed by atoms with Crippen LogP contribution in [0.5, 0.6) is 17.2 Å². The van der Waals surface area contributed by atoms with Crippen molar-refractivity contribution >= 4 is 21.4 Å². The van der Waals surface area contributed by atoms with Gasteiger partial charge in [-0.3, -0.25) is 4.72 Å². The average Bonchev–Trinajstić information content (AvgIpc) is 3.15.